The van der Waals surface area contributed by atoms with E-state index in [1.807, 2.05) is 40.9 Å². The molecule has 7 nitrogen and oxygen atoms in total. The van der Waals surface area contributed by atoms with Crippen LogP contribution in [0.4, 0.5) is 0 Å². The summed E-state index contributed by atoms with van der Waals surface area (Å²) in [6, 6.07) is 20.3. The normalized spacial score (nSPS) is 11.6. The van der Waals surface area contributed by atoms with Gasteiger partial charge in [-0.3, -0.25) is 4.98 Å². The summed E-state index contributed by atoms with van der Waals surface area (Å²) in [4.78, 5) is 10.1. The first-order valence-corrected chi connectivity index (χ1v) is 11.1. The maximum absolute atomic E-state index is 4.84. The molecule has 6 aromatic rings. The summed E-state index contributed by atoms with van der Waals surface area (Å²) in [7, 11) is 0. The van der Waals surface area contributed by atoms with E-state index in [-0.39, 0.29) is 0 Å². The molecule has 0 N–H and O–H groups in total. The summed E-state index contributed by atoms with van der Waals surface area (Å²) < 4.78 is 3.97. The molecule has 0 aliphatic rings. The van der Waals surface area contributed by atoms with Crippen molar-refractivity contribution in [3.63, 3.8) is 0 Å². The molecular formula is C24H19N7S. The molecule has 0 fully saturated rings. The minimum Gasteiger partial charge on any atom is -0.315 e. The highest BCUT2D eigenvalue weighted by Crippen LogP contribution is 2.28. The zero-order valence-corrected chi connectivity index (χ0v) is 18.4. The molecule has 2 aromatic carbocycles. The molecule has 0 amide bonds. The van der Waals surface area contributed by atoms with Crippen LogP contribution in [0.2, 0.25) is 0 Å². The fourth-order valence-electron chi connectivity index (χ4n) is 3.81. The van der Waals surface area contributed by atoms with E-state index in [1.165, 1.54) is 11.1 Å². The van der Waals surface area contributed by atoms with Gasteiger partial charge in [0.05, 0.1) is 17.6 Å². The first-order chi connectivity index (χ1) is 15.7. The van der Waals surface area contributed by atoms with Crippen LogP contribution in [0.5, 0.6) is 0 Å². The molecule has 8 heteroatoms. The molecule has 0 saturated heterocycles. The van der Waals surface area contributed by atoms with E-state index in [4.69, 9.17) is 10.1 Å². The van der Waals surface area contributed by atoms with Gasteiger partial charge in [-0.2, -0.15) is 9.61 Å². The second-order valence-electron chi connectivity index (χ2n) is 7.74. The van der Waals surface area contributed by atoms with Crippen LogP contribution < -0.4 is 0 Å². The molecule has 156 valence electrons. The predicted molar refractivity (Wildman–Crippen MR) is 126 cm³/mol. The zero-order chi connectivity index (χ0) is 21.7. The first kappa shape index (κ1) is 18.8. The summed E-state index contributed by atoms with van der Waals surface area (Å²) in [6.45, 7) is 4.72. The molecule has 6 rings (SSSR count). The first-order valence-electron chi connectivity index (χ1n) is 10.3. The Kier molecular flexibility index (Phi) is 4.32. The van der Waals surface area contributed by atoms with Crippen LogP contribution in [0.3, 0.4) is 0 Å². The Bertz CT molecular complexity index is 1580. The van der Waals surface area contributed by atoms with Crippen molar-refractivity contribution in [2.24, 2.45) is 0 Å². The van der Waals surface area contributed by atoms with Crippen molar-refractivity contribution in [1.29, 1.82) is 0 Å². The fraction of sp³-hybridized carbons (Fsp3) is 0.125. The lowest BCUT2D eigenvalue weighted by Crippen LogP contribution is -2.07. The standard InChI is InChI=1S/C24H19N7S/c1-15-10-11-17(13-16(15)2)23-29-31-21(27-28-24(31)32-23)14-30-20-9-4-3-7-18(20)26-22(30)19-8-5-6-12-25-19/h3-13H,14H2,1-2H3. The van der Waals surface area contributed by atoms with Crippen LogP contribution in [0, 0.1) is 13.8 Å². The van der Waals surface area contributed by atoms with Crippen LogP contribution in [0.25, 0.3) is 38.1 Å². The third kappa shape index (κ3) is 3.07. The SMILES string of the molecule is Cc1ccc(-c2nn3c(Cn4c(-c5ccccn5)nc5ccccc54)nnc3s2)cc1C. The zero-order valence-electron chi connectivity index (χ0n) is 17.6. The lowest BCUT2D eigenvalue weighted by atomic mass is 10.1. The molecule has 4 aromatic heterocycles. The number of para-hydroxylation sites is 2. The number of rotatable bonds is 4. The van der Waals surface area contributed by atoms with Gasteiger partial charge in [0.25, 0.3) is 0 Å². The molecule has 0 bridgehead atoms. The van der Waals surface area contributed by atoms with Crippen molar-refractivity contribution in [3.05, 3.63) is 83.8 Å². The van der Waals surface area contributed by atoms with Crippen LogP contribution in [0.1, 0.15) is 17.0 Å². The third-order valence-corrected chi connectivity index (χ3v) is 6.61. The maximum atomic E-state index is 4.84. The summed E-state index contributed by atoms with van der Waals surface area (Å²) in [5.74, 6) is 1.56. The maximum Gasteiger partial charge on any atom is 0.235 e. The van der Waals surface area contributed by atoms with Crippen molar-refractivity contribution < 1.29 is 0 Å². The van der Waals surface area contributed by atoms with Gasteiger partial charge in [0.2, 0.25) is 4.96 Å². The topological polar surface area (TPSA) is 73.8 Å². The van der Waals surface area contributed by atoms with Gasteiger partial charge in [-0.05, 0) is 55.3 Å². The number of aryl methyl sites for hydroxylation is 2. The second-order valence-corrected chi connectivity index (χ2v) is 8.70. The quantitative estimate of drug-likeness (QED) is 0.391. The molecule has 0 aliphatic heterocycles. The average molecular weight is 438 g/mol. The molecule has 0 aliphatic carbocycles. The highest BCUT2D eigenvalue weighted by atomic mass is 32.1. The number of hydrogen-bond donors (Lipinski definition) is 0. The van der Waals surface area contributed by atoms with Gasteiger partial charge in [-0.15, -0.1) is 10.2 Å². The highest BCUT2D eigenvalue weighted by molar-refractivity contribution is 7.19. The Balaban J connectivity index is 1.46. The van der Waals surface area contributed by atoms with Crippen molar-refractivity contribution in [1.82, 2.24) is 34.3 Å². The Hall–Kier alpha value is -3.91. The number of imidazole rings is 1. The van der Waals surface area contributed by atoms with E-state index in [1.54, 1.807) is 17.5 Å². The number of fused-ring (bicyclic) bond motifs is 2. The van der Waals surface area contributed by atoms with E-state index in [9.17, 15) is 0 Å². The molecule has 0 spiro atoms. The predicted octanol–water partition coefficient (Wildman–Crippen LogP) is 4.93. The van der Waals surface area contributed by atoms with Crippen molar-refractivity contribution >= 4 is 27.3 Å². The van der Waals surface area contributed by atoms with Crippen molar-refractivity contribution in [2.45, 2.75) is 20.4 Å². The second kappa shape index (κ2) is 7.35. The minimum absolute atomic E-state index is 0.490. The number of benzene rings is 2. The lowest BCUT2D eigenvalue weighted by molar-refractivity contribution is 0.731. The number of nitrogens with zero attached hydrogens (tertiary/aromatic N) is 7. The molecule has 32 heavy (non-hydrogen) atoms. The van der Waals surface area contributed by atoms with E-state index in [0.717, 1.165) is 43.9 Å². The van der Waals surface area contributed by atoms with Crippen molar-refractivity contribution in [2.75, 3.05) is 0 Å². The van der Waals surface area contributed by atoms with Gasteiger partial charge in [0, 0.05) is 11.8 Å². The van der Waals surface area contributed by atoms with Gasteiger partial charge < -0.3 is 4.57 Å². The number of aromatic nitrogens is 7. The molecule has 0 radical (unpaired) electrons. The Morgan fingerprint density at radius 3 is 2.62 bits per heavy atom. The van der Waals surface area contributed by atoms with E-state index in [0.29, 0.717) is 6.54 Å². The summed E-state index contributed by atoms with van der Waals surface area (Å²) in [6.07, 6.45) is 1.78. The van der Waals surface area contributed by atoms with Crippen LogP contribution in [-0.4, -0.2) is 34.3 Å². The van der Waals surface area contributed by atoms with Crippen molar-refractivity contribution in [3.8, 4) is 22.1 Å². The average Bonchev–Trinajstić information content (AvgIpc) is 3.51. The molecule has 0 unspecified atom stereocenters. The lowest BCUT2D eigenvalue weighted by Gasteiger charge is -2.07. The third-order valence-electron chi connectivity index (χ3n) is 5.66. The van der Waals surface area contributed by atoms with E-state index < -0.39 is 0 Å². The van der Waals surface area contributed by atoms with Gasteiger partial charge >= 0.3 is 0 Å². The number of pyridine rings is 1. The van der Waals surface area contributed by atoms with E-state index in [2.05, 4.69) is 57.9 Å². The molecule has 4 heterocycles. The van der Waals surface area contributed by atoms with Gasteiger partial charge in [-0.25, -0.2) is 4.98 Å². The summed E-state index contributed by atoms with van der Waals surface area (Å²) in [5, 5.41) is 14.6. The molecular weight excluding hydrogens is 418 g/mol. The Labute approximate surface area is 188 Å². The van der Waals surface area contributed by atoms with Crippen LogP contribution in [-0.2, 0) is 6.54 Å². The fourth-order valence-corrected chi connectivity index (χ4v) is 4.67. The number of hydrogen-bond acceptors (Lipinski definition) is 6. The Morgan fingerprint density at radius 1 is 0.906 bits per heavy atom. The van der Waals surface area contributed by atoms with E-state index >= 15 is 0 Å². The highest BCUT2D eigenvalue weighted by Gasteiger charge is 2.18. The van der Waals surface area contributed by atoms with Gasteiger partial charge in [0.1, 0.15) is 10.7 Å². The monoisotopic (exact) mass is 437 g/mol. The molecule has 0 atom stereocenters. The Morgan fingerprint density at radius 2 is 1.78 bits per heavy atom. The largest absolute Gasteiger partial charge is 0.315 e. The van der Waals surface area contributed by atoms with Crippen LogP contribution in [0.15, 0.2) is 66.9 Å². The summed E-state index contributed by atoms with van der Waals surface area (Å²) in [5.41, 5.74) is 6.37. The van der Waals surface area contributed by atoms with Crippen LogP contribution >= 0.6 is 11.3 Å². The minimum atomic E-state index is 0.490. The van der Waals surface area contributed by atoms with Gasteiger partial charge in [-0.1, -0.05) is 41.7 Å². The summed E-state index contributed by atoms with van der Waals surface area (Å²) >= 11 is 1.54. The molecule has 0 saturated carbocycles. The smallest absolute Gasteiger partial charge is 0.235 e. The van der Waals surface area contributed by atoms with Gasteiger partial charge in [0.15, 0.2) is 11.6 Å².